The van der Waals surface area contributed by atoms with E-state index in [-0.39, 0.29) is 0 Å². The lowest BCUT2D eigenvalue weighted by molar-refractivity contribution is 0.293. The van der Waals surface area contributed by atoms with Crippen LogP contribution in [0, 0.1) is 18.3 Å². The van der Waals surface area contributed by atoms with Gasteiger partial charge in [-0.2, -0.15) is 5.26 Å². The molecule has 0 unspecified atom stereocenters. The van der Waals surface area contributed by atoms with Crippen LogP contribution in [0.25, 0.3) is 0 Å². The maximum absolute atomic E-state index is 8.68. The summed E-state index contributed by atoms with van der Waals surface area (Å²) in [6.07, 6.45) is 1.73. The highest BCUT2D eigenvalue weighted by molar-refractivity contribution is 5.31. The van der Waals surface area contributed by atoms with Gasteiger partial charge >= 0.3 is 0 Å². The minimum atomic E-state index is 0.460. The van der Waals surface area contributed by atoms with Crippen molar-refractivity contribution >= 4 is 0 Å². The van der Waals surface area contributed by atoms with E-state index in [1.807, 2.05) is 31.2 Å². The molecule has 1 aromatic carbocycles. The molecule has 17 heavy (non-hydrogen) atoms. The van der Waals surface area contributed by atoms with E-state index in [0.717, 1.165) is 11.1 Å². The Balaban J connectivity index is 2.00. The number of hydrogen-bond acceptors (Lipinski definition) is 3. The van der Waals surface area contributed by atoms with Crippen molar-refractivity contribution in [3.63, 3.8) is 0 Å². The molecule has 0 amide bonds. The Bertz CT molecular complexity index is 541. The number of hydrogen-bond donors (Lipinski definition) is 0. The fraction of sp³-hybridized carbons (Fsp3) is 0.143. The van der Waals surface area contributed by atoms with E-state index in [9.17, 15) is 0 Å². The largest absolute Gasteiger partial charge is 0.473 e. The van der Waals surface area contributed by atoms with Crippen molar-refractivity contribution < 1.29 is 4.74 Å². The van der Waals surface area contributed by atoms with Gasteiger partial charge in [0.15, 0.2) is 0 Å². The number of aromatic nitrogens is 1. The molecule has 3 nitrogen and oxygen atoms in total. The molecule has 0 aliphatic carbocycles. The molecule has 1 heterocycles. The lowest BCUT2D eigenvalue weighted by atomic mass is 10.2. The molecule has 0 saturated heterocycles. The molecule has 0 bridgehead atoms. The number of rotatable bonds is 3. The lowest BCUT2D eigenvalue weighted by Gasteiger charge is -2.05. The first-order valence-electron chi connectivity index (χ1n) is 5.32. The zero-order valence-corrected chi connectivity index (χ0v) is 9.55. The minimum absolute atomic E-state index is 0.460. The van der Waals surface area contributed by atoms with Crippen LogP contribution in [0.5, 0.6) is 5.88 Å². The van der Waals surface area contributed by atoms with Crippen LogP contribution in [0.1, 0.15) is 16.7 Å². The summed E-state index contributed by atoms with van der Waals surface area (Å²) in [7, 11) is 0. The molecule has 0 aliphatic rings. The van der Waals surface area contributed by atoms with Gasteiger partial charge in [-0.15, -0.1) is 0 Å². The molecule has 0 fully saturated rings. The van der Waals surface area contributed by atoms with Gasteiger partial charge in [0.2, 0.25) is 5.88 Å². The van der Waals surface area contributed by atoms with Crippen molar-refractivity contribution in [3.8, 4) is 11.9 Å². The Morgan fingerprint density at radius 1 is 1.24 bits per heavy atom. The van der Waals surface area contributed by atoms with Crippen LogP contribution in [0.15, 0.2) is 42.6 Å². The van der Waals surface area contributed by atoms with Crippen molar-refractivity contribution in [1.82, 2.24) is 4.98 Å². The van der Waals surface area contributed by atoms with Crippen LogP contribution in [0.3, 0.4) is 0 Å². The third-order valence-corrected chi connectivity index (χ3v) is 2.36. The Hall–Kier alpha value is -2.34. The number of ether oxygens (including phenoxy) is 1. The van der Waals surface area contributed by atoms with E-state index in [1.165, 1.54) is 0 Å². The van der Waals surface area contributed by atoms with Crippen LogP contribution in [-0.4, -0.2) is 4.98 Å². The van der Waals surface area contributed by atoms with Gasteiger partial charge < -0.3 is 4.74 Å². The van der Waals surface area contributed by atoms with E-state index in [4.69, 9.17) is 10.00 Å². The Morgan fingerprint density at radius 2 is 2.00 bits per heavy atom. The second-order valence-corrected chi connectivity index (χ2v) is 3.77. The number of nitriles is 1. The first-order valence-corrected chi connectivity index (χ1v) is 5.32. The molecule has 0 radical (unpaired) electrons. The lowest BCUT2D eigenvalue weighted by Crippen LogP contribution is -1.97. The molecule has 2 rings (SSSR count). The fourth-order valence-corrected chi connectivity index (χ4v) is 1.42. The van der Waals surface area contributed by atoms with E-state index in [0.29, 0.717) is 18.1 Å². The Labute approximate surface area is 100 Å². The normalized spacial score (nSPS) is 9.65. The smallest absolute Gasteiger partial charge is 0.213 e. The predicted octanol–water partition coefficient (Wildman–Crippen LogP) is 2.84. The van der Waals surface area contributed by atoms with Gasteiger partial charge in [0.05, 0.1) is 11.6 Å². The zero-order valence-electron chi connectivity index (χ0n) is 9.55. The third kappa shape index (κ3) is 3.05. The maximum Gasteiger partial charge on any atom is 0.213 e. The van der Waals surface area contributed by atoms with Crippen molar-refractivity contribution in [3.05, 3.63) is 59.3 Å². The molecule has 0 saturated carbocycles. The van der Waals surface area contributed by atoms with Crippen LogP contribution in [-0.2, 0) is 6.61 Å². The maximum atomic E-state index is 8.68. The summed E-state index contributed by atoms with van der Waals surface area (Å²) in [6, 6.07) is 13.2. The highest BCUT2D eigenvalue weighted by atomic mass is 16.5. The quantitative estimate of drug-likeness (QED) is 0.805. The fourth-order valence-electron chi connectivity index (χ4n) is 1.42. The monoisotopic (exact) mass is 224 g/mol. The number of pyridine rings is 1. The molecule has 1 aromatic heterocycles. The molecule has 2 aromatic rings. The number of aryl methyl sites for hydroxylation is 1. The summed E-state index contributed by atoms with van der Waals surface area (Å²) in [5, 5.41) is 8.68. The Kier molecular flexibility index (Phi) is 3.37. The first-order chi connectivity index (χ1) is 8.28. The van der Waals surface area contributed by atoms with Gasteiger partial charge in [0.25, 0.3) is 0 Å². The molecular weight excluding hydrogens is 212 g/mol. The standard InChI is InChI=1S/C14H12N2O/c1-11-6-7-16-14(8-11)17-10-13-4-2-12(9-15)3-5-13/h2-8H,10H2,1H3. The summed E-state index contributed by atoms with van der Waals surface area (Å²) in [4.78, 5) is 4.11. The van der Waals surface area contributed by atoms with Gasteiger partial charge in [-0.25, -0.2) is 4.98 Å². The van der Waals surface area contributed by atoms with Crippen LogP contribution < -0.4 is 4.74 Å². The zero-order chi connectivity index (χ0) is 12.1. The van der Waals surface area contributed by atoms with Crippen LogP contribution in [0.4, 0.5) is 0 Å². The number of nitrogens with zero attached hydrogens (tertiary/aromatic N) is 2. The summed E-state index contributed by atoms with van der Waals surface area (Å²) in [5.74, 6) is 0.620. The Morgan fingerprint density at radius 3 is 2.65 bits per heavy atom. The van der Waals surface area contributed by atoms with Gasteiger partial charge in [-0.1, -0.05) is 12.1 Å². The van der Waals surface area contributed by atoms with E-state index in [1.54, 1.807) is 18.3 Å². The van der Waals surface area contributed by atoms with Crippen molar-refractivity contribution in [2.45, 2.75) is 13.5 Å². The average molecular weight is 224 g/mol. The number of benzene rings is 1. The first kappa shape index (κ1) is 11.2. The SMILES string of the molecule is Cc1ccnc(OCc2ccc(C#N)cc2)c1. The highest BCUT2D eigenvalue weighted by Crippen LogP contribution is 2.11. The summed E-state index contributed by atoms with van der Waals surface area (Å²) < 4.78 is 5.55. The van der Waals surface area contributed by atoms with Crippen LogP contribution in [0.2, 0.25) is 0 Å². The van der Waals surface area contributed by atoms with E-state index in [2.05, 4.69) is 11.1 Å². The van der Waals surface area contributed by atoms with Gasteiger partial charge in [0.1, 0.15) is 6.61 Å². The topological polar surface area (TPSA) is 45.9 Å². The second-order valence-electron chi connectivity index (χ2n) is 3.77. The highest BCUT2D eigenvalue weighted by Gasteiger charge is 1.98. The van der Waals surface area contributed by atoms with E-state index < -0.39 is 0 Å². The van der Waals surface area contributed by atoms with Crippen molar-refractivity contribution in [1.29, 1.82) is 5.26 Å². The molecule has 3 heteroatoms. The second kappa shape index (κ2) is 5.13. The van der Waals surface area contributed by atoms with E-state index >= 15 is 0 Å². The average Bonchev–Trinajstić information content (AvgIpc) is 2.37. The molecule has 0 N–H and O–H groups in total. The van der Waals surface area contributed by atoms with Gasteiger partial charge in [-0.3, -0.25) is 0 Å². The molecule has 84 valence electrons. The third-order valence-electron chi connectivity index (χ3n) is 2.36. The van der Waals surface area contributed by atoms with Gasteiger partial charge in [-0.05, 0) is 36.2 Å². The molecule has 0 spiro atoms. The summed E-state index contributed by atoms with van der Waals surface area (Å²) in [5.41, 5.74) is 2.80. The summed E-state index contributed by atoms with van der Waals surface area (Å²) >= 11 is 0. The molecule has 0 aliphatic heterocycles. The van der Waals surface area contributed by atoms with Gasteiger partial charge in [0, 0.05) is 12.3 Å². The molecular formula is C14H12N2O. The van der Waals surface area contributed by atoms with Crippen molar-refractivity contribution in [2.24, 2.45) is 0 Å². The summed E-state index contributed by atoms with van der Waals surface area (Å²) in [6.45, 7) is 2.46. The molecule has 0 atom stereocenters. The van der Waals surface area contributed by atoms with Crippen LogP contribution >= 0.6 is 0 Å². The predicted molar refractivity (Wildman–Crippen MR) is 64.5 cm³/mol. The minimum Gasteiger partial charge on any atom is -0.473 e. The van der Waals surface area contributed by atoms with Crippen molar-refractivity contribution in [2.75, 3.05) is 0 Å².